The second-order valence-corrected chi connectivity index (χ2v) is 3.74. The van der Waals surface area contributed by atoms with Gasteiger partial charge in [0.25, 0.3) is 0 Å². The van der Waals surface area contributed by atoms with Crippen molar-refractivity contribution in [3.8, 4) is 0 Å². The molecule has 0 radical (unpaired) electrons. The minimum atomic E-state index is -0.165. The van der Waals surface area contributed by atoms with Crippen LogP contribution >= 0.6 is 0 Å². The molecule has 13 heavy (non-hydrogen) atoms. The first-order valence-electron chi connectivity index (χ1n) is 4.79. The average Bonchev–Trinajstić information content (AvgIpc) is 2.01. The number of rotatable bonds is 2. The highest BCUT2D eigenvalue weighted by molar-refractivity contribution is 5.21. The molecule has 2 rings (SSSR count). The van der Waals surface area contributed by atoms with Crippen molar-refractivity contribution >= 4 is 0 Å². The van der Waals surface area contributed by atoms with Gasteiger partial charge in [0.2, 0.25) is 0 Å². The van der Waals surface area contributed by atoms with Crippen molar-refractivity contribution in [2.24, 2.45) is 11.7 Å². The van der Waals surface area contributed by atoms with E-state index < -0.39 is 0 Å². The summed E-state index contributed by atoms with van der Waals surface area (Å²) in [4.78, 5) is 0. The van der Waals surface area contributed by atoms with Gasteiger partial charge in [-0.1, -0.05) is 24.6 Å². The van der Waals surface area contributed by atoms with Gasteiger partial charge in [-0.05, 0) is 24.8 Å². The van der Waals surface area contributed by atoms with Gasteiger partial charge in [0, 0.05) is 11.6 Å². The number of hydrogen-bond acceptors (Lipinski definition) is 1. The first-order chi connectivity index (χ1) is 6.29. The average molecular weight is 179 g/mol. The number of nitrogens with two attached hydrogens (primary N) is 1. The molecule has 1 aromatic rings. The molecule has 0 amide bonds. The van der Waals surface area contributed by atoms with E-state index in [2.05, 4.69) is 0 Å². The summed E-state index contributed by atoms with van der Waals surface area (Å²) in [6.07, 6.45) is 3.54. The van der Waals surface area contributed by atoms with Crippen LogP contribution in [0.4, 0.5) is 4.39 Å². The normalized spacial score (nSPS) is 19.5. The molecule has 0 aromatic heterocycles. The molecule has 0 bridgehead atoms. The van der Waals surface area contributed by atoms with Crippen LogP contribution in [-0.2, 0) is 0 Å². The molecule has 0 heterocycles. The maximum Gasteiger partial charge on any atom is 0.127 e. The van der Waals surface area contributed by atoms with Gasteiger partial charge in [0.15, 0.2) is 0 Å². The Labute approximate surface area is 77.8 Å². The molecule has 2 N–H and O–H groups in total. The molecule has 1 unspecified atom stereocenters. The molecule has 70 valence electrons. The lowest BCUT2D eigenvalue weighted by Gasteiger charge is -2.31. The zero-order valence-electron chi connectivity index (χ0n) is 7.54. The van der Waals surface area contributed by atoms with E-state index in [1.807, 2.05) is 6.07 Å². The summed E-state index contributed by atoms with van der Waals surface area (Å²) in [7, 11) is 0. The van der Waals surface area contributed by atoms with Crippen molar-refractivity contribution < 1.29 is 4.39 Å². The zero-order chi connectivity index (χ0) is 9.26. The van der Waals surface area contributed by atoms with E-state index in [1.54, 1.807) is 12.1 Å². The summed E-state index contributed by atoms with van der Waals surface area (Å²) in [6.45, 7) is 0. The SMILES string of the molecule is NC(c1ccccc1F)C1CCC1. The van der Waals surface area contributed by atoms with E-state index in [0.29, 0.717) is 11.5 Å². The summed E-state index contributed by atoms with van der Waals surface area (Å²) in [5.74, 6) is 0.332. The third-order valence-electron chi connectivity index (χ3n) is 2.92. The van der Waals surface area contributed by atoms with E-state index in [-0.39, 0.29) is 11.9 Å². The van der Waals surface area contributed by atoms with E-state index in [9.17, 15) is 4.39 Å². The Morgan fingerprint density at radius 2 is 2.00 bits per heavy atom. The Morgan fingerprint density at radius 3 is 2.54 bits per heavy atom. The van der Waals surface area contributed by atoms with Gasteiger partial charge in [-0.2, -0.15) is 0 Å². The highest BCUT2D eigenvalue weighted by Crippen LogP contribution is 2.36. The van der Waals surface area contributed by atoms with Gasteiger partial charge >= 0.3 is 0 Å². The molecular formula is C11H14FN. The predicted octanol–water partition coefficient (Wildman–Crippen LogP) is 2.63. The monoisotopic (exact) mass is 179 g/mol. The maximum atomic E-state index is 13.3. The first-order valence-corrected chi connectivity index (χ1v) is 4.79. The first kappa shape index (κ1) is 8.70. The van der Waals surface area contributed by atoms with Gasteiger partial charge in [-0.3, -0.25) is 0 Å². The van der Waals surface area contributed by atoms with Crippen LogP contribution in [0, 0.1) is 11.7 Å². The van der Waals surface area contributed by atoms with Crippen LogP contribution in [-0.4, -0.2) is 0 Å². The van der Waals surface area contributed by atoms with E-state index in [1.165, 1.54) is 12.5 Å². The van der Waals surface area contributed by atoms with E-state index in [4.69, 9.17) is 5.73 Å². The van der Waals surface area contributed by atoms with Gasteiger partial charge < -0.3 is 5.73 Å². The second-order valence-electron chi connectivity index (χ2n) is 3.74. The lowest BCUT2D eigenvalue weighted by molar-refractivity contribution is 0.260. The molecule has 1 fully saturated rings. The molecule has 1 atom stereocenters. The van der Waals surface area contributed by atoms with Gasteiger partial charge in [-0.25, -0.2) is 4.39 Å². The quantitative estimate of drug-likeness (QED) is 0.742. The fraction of sp³-hybridized carbons (Fsp3) is 0.455. The Balaban J connectivity index is 2.18. The minimum absolute atomic E-state index is 0.102. The highest BCUT2D eigenvalue weighted by Gasteiger charge is 2.26. The fourth-order valence-electron chi connectivity index (χ4n) is 1.80. The van der Waals surface area contributed by atoms with Crippen molar-refractivity contribution in [3.05, 3.63) is 35.6 Å². The smallest absolute Gasteiger partial charge is 0.127 e. The summed E-state index contributed by atoms with van der Waals surface area (Å²) in [5.41, 5.74) is 6.63. The molecular weight excluding hydrogens is 165 g/mol. The van der Waals surface area contributed by atoms with Gasteiger partial charge in [-0.15, -0.1) is 0 Å². The van der Waals surface area contributed by atoms with Crippen molar-refractivity contribution in [2.45, 2.75) is 25.3 Å². The van der Waals surface area contributed by atoms with Crippen LogP contribution in [0.1, 0.15) is 30.9 Å². The van der Waals surface area contributed by atoms with Crippen molar-refractivity contribution in [2.75, 3.05) is 0 Å². The molecule has 1 aromatic carbocycles. The van der Waals surface area contributed by atoms with Crippen molar-refractivity contribution in [1.82, 2.24) is 0 Å². The number of halogens is 1. The Hall–Kier alpha value is -0.890. The number of benzene rings is 1. The van der Waals surface area contributed by atoms with E-state index >= 15 is 0 Å². The summed E-state index contributed by atoms with van der Waals surface area (Å²) < 4.78 is 13.3. The van der Waals surface area contributed by atoms with Crippen LogP contribution in [0.3, 0.4) is 0 Å². The van der Waals surface area contributed by atoms with E-state index in [0.717, 1.165) is 12.8 Å². The van der Waals surface area contributed by atoms with Gasteiger partial charge in [0.05, 0.1) is 0 Å². The largest absolute Gasteiger partial charge is 0.324 e. The standard InChI is InChI=1S/C11H14FN/c12-10-7-2-1-6-9(10)11(13)8-4-3-5-8/h1-2,6-8,11H,3-5,13H2. The number of hydrogen-bond donors (Lipinski definition) is 1. The maximum absolute atomic E-state index is 13.3. The lowest BCUT2D eigenvalue weighted by Crippen LogP contribution is -2.27. The third kappa shape index (κ3) is 1.59. The Kier molecular flexibility index (Phi) is 2.32. The van der Waals surface area contributed by atoms with Crippen molar-refractivity contribution in [3.63, 3.8) is 0 Å². The third-order valence-corrected chi connectivity index (χ3v) is 2.92. The molecule has 0 saturated heterocycles. The van der Waals surface area contributed by atoms with Crippen LogP contribution in [0.2, 0.25) is 0 Å². The summed E-state index contributed by atoms with van der Waals surface area (Å²) in [5, 5.41) is 0. The summed E-state index contributed by atoms with van der Waals surface area (Å²) >= 11 is 0. The minimum Gasteiger partial charge on any atom is -0.324 e. The molecule has 0 spiro atoms. The molecule has 0 aliphatic heterocycles. The topological polar surface area (TPSA) is 26.0 Å². The second kappa shape index (κ2) is 3.46. The van der Waals surface area contributed by atoms with Crippen LogP contribution in [0.15, 0.2) is 24.3 Å². The van der Waals surface area contributed by atoms with Crippen LogP contribution < -0.4 is 5.73 Å². The van der Waals surface area contributed by atoms with Crippen molar-refractivity contribution in [1.29, 1.82) is 0 Å². The summed E-state index contributed by atoms with van der Waals surface area (Å²) in [6, 6.07) is 6.71. The zero-order valence-corrected chi connectivity index (χ0v) is 7.54. The highest BCUT2D eigenvalue weighted by atomic mass is 19.1. The molecule has 1 saturated carbocycles. The predicted molar refractivity (Wildman–Crippen MR) is 50.7 cm³/mol. The molecule has 2 heteroatoms. The Morgan fingerprint density at radius 1 is 1.31 bits per heavy atom. The fourth-order valence-corrected chi connectivity index (χ4v) is 1.80. The molecule has 1 aliphatic rings. The van der Waals surface area contributed by atoms with Crippen LogP contribution in [0.25, 0.3) is 0 Å². The lowest BCUT2D eigenvalue weighted by atomic mass is 9.77. The molecule has 1 aliphatic carbocycles. The van der Waals surface area contributed by atoms with Crippen LogP contribution in [0.5, 0.6) is 0 Å². The van der Waals surface area contributed by atoms with Gasteiger partial charge in [0.1, 0.15) is 5.82 Å². The molecule has 1 nitrogen and oxygen atoms in total. The Bertz CT molecular complexity index is 294.